The molecule has 0 saturated heterocycles. The second-order valence-electron chi connectivity index (χ2n) is 4.81. The number of aryl methyl sites for hydroxylation is 1. The lowest BCUT2D eigenvalue weighted by atomic mass is 10.3. The fraction of sp³-hybridized carbons (Fsp3) is 0.375. The van der Waals surface area contributed by atoms with Gasteiger partial charge in [0.1, 0.15) is 11.6 Å². The van der Waals surface area contributed by atoms with Crippen molar-refractivity contribution in [1.82, 2.24) is 15.3 Å². The van der Waals surface area contributed by atoms with E-state index in [4.69, 9.17) is 0 Å². The van der Waals surface area contributed by atoms with Gasteiger partial charge < -0.3 is 5.32 Å². The smallest absolute Gasteiger partial charge is 0.139 e. The molecule has 21 heavy (non-hydrogen) atoms. The summed E-state index contributed by atoms with van der Waals surface area (Å²) in [7, 11) is 0. The SMILES string of the molecule is CCCNCc1cc(C)nc(CSc2ccccc2F)n1. The summed E-state index contributed by atoms with van der Waals surface area (Å²) in [4.78, 5) is 9.59. The molecule has 2 rings (SSSR count). The van der Waals surface area contributed by atoms with E-state index in [0.29, 0.717) is 10.6 Å². The number of aromatic nitrogens is 2. The molecule has 3 nitrogen and oxygen atoms in total. The van der Waals surface area contributed by atoms with Crippen LogP contribution in [0.4, 0.5) is 4.39 Å². The van der Waals surface area contributed by atoms with Gasteiger partial charge in [-0.05, 0) is 38.1 Å². The summed E-state index contributed by atoms with van der Waals surface area (Å²) in [5, 5.41) is 3.33. The molecule has 112 valence electrons. The van der Waals surface area contributed by atoms with Crippen molar-refractivity contribution >= 4 is 11.8 Å². The molecule has 1 aromatic carbocycles. The van der Waals surface area contributed by atoms with Gasteiger partial charge in [-0.3, -0.25) is 0 Å². The molecule has 2 aromatic rings. The summed E-state index contributed by atoms with van der Waals surface area (Å²) in [6.07, 6.45) is 1.10. The summed E-state index contributed by atoms with van der Waals surface area (Å²) in [6, 6.07) is 8.77. The monoisotopic (exact) mass is 305 g/mol. The number of hydrogen-bond donors (Lipinski definition) is 1. The number of benzene rings is 1. The summed E-state index contributed by atoms with van der Waals surface area (Å²) >= 11 is 1.43. The number of nitrogens with zero attached hydrogens (tertiary/aromatic N) is 2. The van der Waals surface area contributed by atoms with Crippen molar-refractivity contribution in [3.63, 3.8) is 0 Å². The summed E-state index contributed by atoms with van der Waals surface area (Å²) in [5.74, 6) is 1.13. The van der Waals surface area contributed by atoms with E-state index in [9.17, 15) is 4.39 Å². The van der Waals surface area contributed by atoms with E-state index < -0.39 is 0 Å². The normalized spacial score (nSPS) is 10.8. The average molecular weight is 305 g/mol. The Morgan fingerprint density at radius 1 is 1.24 bits per heavy atom. The average Bonchev–Trinajstić information content (AvgIpc) is 2.46. The minimum atomic E-state index is -0.194. The van der Waals surface area contributed by atoms with Crippen molar-refractivity contribution in [3.8, 4) is 0 Å². The van der Waals surface area contributed by atoms with Crippen LogP contribution in [0.2, 0.25) is 0 Å². The lowest BCUT2D eigenvalue weighted by Gasteiger charge is -2.07. The van der Waals surface area contributed by atoms with Crippen LogP contribution in [0.5, 0.6) is 0 Å². The quantitative estimate of drug-likeness (QED) is 0.625. The van der Waals surface area contributed by atoms with Crippen LogP contribution in [-0.2, 0) is 12.3 Å². The number of thioether (sulfide) groups is 1. The third kappa shape index (κ3) is 5.10. The Bertz CT molecular complexity index is 589. The minimum Gasteiger partial charge on any atom is -0.311 e. The van der Waals surface area contributed by atoms with Crippen LogP contribution < -0.4 is 5.32 Å². The standard InChI is InChI=1S/C16H20FN3S/c1-3-8-18-10-13-9-12(2)19-16(20-13)11-21-15-7-5-4-6-14(15)17/h4-7,9,18H,3,8,10-11H2,1-2H3. The van der Waals surface area contributed by atoms with Crippen molar-refractivity contribution < 1.29 is 4.39 Å². The molecular weight excluding hydrogens is 285 g/mol. The van der Waals surface area contributed by atoms with E-state index in [-0.39, 0.29) is 5.82 Å². The lowest BCUT2D eigenvalue weighted by molar-refractivity contribution is 0.602. The van der Waals surface area contributed by atoms with E-state index in [1.54, 1.807) is 12.1 Å². The molecule has 0 saturated carbocycles. The molecule has 0 aliphatic carbocycles. The zero-order chi connectivity index (χ0) is 15.1. The van der Waals surface area contributed by atoms with Crippen LogP contribution in [0.3, 0.4) is 0 Å². The van der Waals surface area contributed by atoms with Gasteiger partial charge in [-0.15, -0.1) is 11.8 Å². The molecule has 0 bridgehead atoms. The number of nitrogens with one attached hydrogen (secondary N) is 1. The highest BCUT2D eigenvalue weighted by atomic mass is 32.2. The molecule has 0 amide bonds. The van der Waals surface area contributed by atoms with Crippen LogP contribution in [-0.4, -0.2) is 16.5 Å². The Morgan fingerprint density at radius 2 is 2.05 bits per heavy atom. The van der Waals surface area contributed by atoms with Crippen LogP contribution >= 0.6 is 11.8 Å². The zero-order valence-electron chi connectivity index (χ0n) is 12.4. The Morgan fingerprint density at radius 3 is 2.81 bits per heavy atom. The first-order valence-corrected chi connectivity index (χ1v) is 8.09. The topological polar surface area (TPSA) is 37.8 Å². The Hall–Kier alpha value is -1.46. The molecule has 0 unspecified atom stereocenters. The van der Waals surface area contributed by atoms with Crippen molar-refractivity contribution in [2.24, 2.45) is 0 Å². The van der Waals surface area contributed by atoms with Crippen LogP contribution in [0.25, 0.3) is 0 Å². The molecule has 0 aliphatic rings. The molecule has 1 N–H and O–H groups in total. The fourth-order valence-corrected chi connectivity index (χ4v) is 2.75. The predicted molar refractivity (Wildman–Crippen MR) is 84.7 cm³/mol. The molecular formula is C16H20FN3S. The van der Waals surface area contributed by atoms with E-state index in [1.807, 2.05) is 19.1 Å². The molecule has 0 fully saturated rings. The van der Waals surface area contributed by atoms with E-state index in [1.165, 1.54) is 17.8 Å². The maximum atomic E-state index is 13.6. The van der Waals surface area contributed by atoms with Crippen LogP contribution in [0.1, 0.15) is 30.6 Å². The maximum absolute atomic E-state index is 13.6. The Balaban J connectivity index is 2.01. The molecule has 1 aromatic heterocycles. The summed E-state index contributed by atoms with van der Waals surface area (Å²) in [6.45, 7) is 5.81. The second-order valence-corrected chi connectivity index (χ2v) is 5.83. The fourth-order valence-electron chi connectivity index (χ4n) is 1.95. The van der Waals surface area contributed by atoms with Gasteiger partial charge in [0.15, 0.2) is 0 Å². The van der Waals surface area contributed by atoms with Crippen LogP contribution in [0.15, 0.2) is 35.2 Å². The van der Waals surface area contributed by atoms with Gasteiger partial charge in [-0.25, -0.2) is 14.4 Å². The lowest BCUT2D eigenvalue weighted by Crippen LogP contribution is -2.15. The van der Waals surface area contributed by atoms with Gasteiger partial charge in [0.2, 0.25) is 0 Å². The van der Waals surface area contributed by atoms with E-state index in [2.05, 4.69) is 22.2 Å². The zero-order valence-corrected chi connectivity index (χ0v) is 13.2. The van der Waals surface area contributed by atoms with Crippen molar-refractivity contribution in [2.75, 3.05) is 6.54 Å². The number of rotatable bonds is 7. The maximum Gasteiger partial charge on any atom is 0.139 e. The Kier molecular flexibility index (Phi) is 6.14. The van der Waals surface area contributed by atoms with E-state index >= 15 is 0 Å². The molecule has 0 atom stereocenters. The van der Waals surface area contributed by atoms with Gasteiger partial charge in [-0.1, -0.05) is 19.1 Å². The van der Waals surface area contributed by atoms with Gasteiger partial charge in [-0.2, -0.15) is 0 Å². The highest BCUT2D eigenvalue weighted by molar-refractivity contribution is 7.98. The van der Waals surface area contributed by atoms with Gasteiger partial charge in [0.25, 0.3) is 0 Å². The summed E-state index contributed by atoms with van der Waals surface area (Å²) < 4.78 is 13.6. The van der Waals surface area contributed by atoms with Crippen molar-refractivity contribution in [2.45, 2.75) is 37.5 Å². The number of halogens is 1. The molecule has 0 radical (unpaired) electrons. The molecule has 5 heteroatoms. The second kappa shape index (κ2) is 8.10. The van der Waals surface area contributed by atoms with Crippen molar-refractivity contribution in [3.05, 3.63) is 53.4 Å². The van der Waals surface area contributed by atoms with Gasteiger partial charge in [0.05, 0.1) is 11.4 Å². The van der Waals surface area contributed by atoms with Gasteiger partial charge >= 0.3 is 0 Å². The first-order chi connectivity index (χ1) is 10.2. The van der Waals surface area contributed by atoms with E-state index in [0.717, 1.165) is 36.7 Å². The predicted octanol–water partition coefficient (Wildman–Crippen LogP) is 3.72. The molecule has 0 spiro atoms. The van der Waals surface area contributed by atoms with Gasteiger partial charge in [0, 0.05) is 17.1 Å². The highest BCUT2D eigenvalue weighted by Crippen LogP contribution is 2.24. The first kappa shape index (κ1) is 15.9. The third-order valence-corrected chi connectivity index (χ3v) is 3.92. The first-order valence-electron chi connectivity index (χ1n) is 7.10. The minimum absolute atomic E-state index is 0.194. The molecule has 0 aliphatic heterocycles. The highest BCUT2D eigenvalue weighted by Gasteiger charge is 2.06. The third-order valence-electron chi connectivity index (χ3n) is 2.88. The number of hydrogen-bond acceptors (Lipinski definition) is 4. The Labute approximate surface area is 129 Å². The summed E-state index contributed by atoms with van der Waals surface area (Å²) in [5.41, 5.74) is 1.93. The largest absolute Gasteiger partial charge is 0.311 e. The van der Waals surface area contributed by atoms with Crippen molar-refractivity contribution in [1.29, 1.82) is 0 Å². The molecule has 1 heterocycles. The van der Waals surface area contributed by atoms with Crippen LogP contribution in [0, 0.1) is 12.7 Å².